The Morgan fingerprint density at radius 3 is 2.50 bits per heavy atom. The predicted molar refractivity (Wildman–Crippen MR) is 67.2 cm³/mol. The summed E-state index contributed by atoms with van der Waals surface area (Å²) < 4.78 is 6.01. The minimum absolute atomic E-state index is 0.185. The number of ether oxygens (including phenoxy) is 1. The highest BCUT2D eigenvalue weighted by Crippen LogP contribution is 2.23. The number of hydrogen-bond donors (Lipinski definition) is 1. The molecule has 2 heteroatoms. The average Bonchev–Trinajstić information content (AvgIpc) is 2.16. The highest BCUT2D eigenvalue weighted by atomic mass is 16.5. The number of aliphatic hydroxyl groups is 1. The topological polar surface area (TPSA) is 29.5 Å². The molecule has 0 saturated heterocycles. The first-order chi connectivity index (χ1) is 7.58. The van der Waals surface area contributed by atoms with E-state index in [4.69, 9.17) is 4.74 Å². The summed E-state index contributed by atoms with van der Waals surface area (Å²) in [6.07, 6.45) is 8.67. The molecule has 0 aromatic carbocycles. The Hall–Kier alpha value is -0.500. The first kappa shape index (κ1) is 13.6. The third-order valence-electron chi connectivity index (χ3n) is 2.91. The van der Waals surface area contributed by atoms with E-state index in [1.807, 2.05) is 6.92 Å². The standard InChI is InChI=1S/C14H26O2/c1-11(2)9-14(10-12(3)15)16-13-7-5-4-6-8-13/h7,11-12,14-15H,4-6,8-10H2,1-3H3/t12-,14-/m1/s1. The van der Waals surface area contributed by atoms with Crippen molar-refractivity contribution in [3.8, 4) is 0 Å². The van der Waals surface area contributed by atoms with Gasteiger partial charge in [-0.25, -0.2) is 0 Å². The van der Waals surface area contributed by atoms with E-state index in [1.165, 1.54) is 12.8 Å². The quantitative estimate of drug-likeness (QED) is 0.749. The SMILES string of the molecule is CC(C)C[C@H](C[C@@H](C)O)OC1=CCCCC1. The molecule has 1 N–H and O–H groups in total. The molecule has 0 bridgehead atoms. The molecule has 0 aliphatic heterocycles. The monoisotopic (exact) mass is 226 g/mol. The molecule has 0 saturated carbocycles. The van der Waals surface area contributed by atoms with Gasteiger partial charge < -0.3 is 9.84 Å². The van der Waals surface area contributed by atoms with Gasteiger partial charge in [-0.05, 0) is 44.6 Å². The molecule has 0 unspecified atom stereocenters. The van der Waals surface area contributed by atoms with Crippen LogP contribution in [0.2, 0.25) is 0 Å². The normalized spacial score (nSPS) is 20.4. The van der Waals surface area contributed by atoms with E-state index < -0.39 is 0 Å². The number of aliphatic hydroxyl groups excluding tert-OH is 1. The van der Waals surface area contributed by atoms with Gasteiger partial charge in [-0.15, -0.1) is 0 Å². The Kier molecular flexibility index (Phi) is 5.89. The van der Waals surface area contributed by atoms with Crippen molar-refractivity contribution < 1.29 is 9.84 Å². The molecule has 0 aromatic heterocycles. The summed E-state index contributed by atoms with van der Waals surface area (Å²) in [6, 6.07) is 0. The van der Waals surface area contributed by atoms with Gasteiger partial charge in [0.05, 0.1) is 11.9 Å². The Labute approximate surface area is 99.7 Å². The zero-order valence-corrected chi connectivity index (χ0v) is 10.9. The van der Waals surface area contributed by atoms with Crippen LogP contribution in [-0.2, 0) is 4.74 Å². The molecule has 2 atom stereocenters. The van der Waals surface area contributed by atoms with Gasteiger partial charge in [-0.3, -0.25) is 0 Å². The molecule has 1 aliphatic rings. The van der Waals surface area contributed by atoms with Gasteiger partial charge in [0, 0.05) is 12.8 Å². The third kappa shape index (κ3) is 5.55. The number of hydrogen-bond acceptors (Lipinski definition) is 2. The van der Waals surface area contributed by atoms with Crippen LogP contribution in [0.3, 0.4) is 0 Å². The molecule has 0 aromatic rings. The van der Waals surface area contributed by atoms with Gasteiger partial charge >= 0.3 is 0 Å². The highest BCUT2D eigenvalue weighted by Gasteiger charge is 2.17. The van der Waals surface area contributed by atoms with Crippen LogP contribution >= 0.6 is 0 Å². The first-order valence-electron chi connectivity index (χ1n) is 6.61. The molecule has 0 spiro atoms. The van der Waals surface area contributed by atoms with E-state index >= 15 is 0 Å². The van der Waals surface area contributed by atoms with Gasteiger partial charge in [0.2, 0.25) is 0 Å². The summed E-state index contributed by atoms with van der Waals surface area (Å²) in [5.74, 6) is 1.77. The molecular weight excluding hydrogens is 200 g/mol. The minimum atomic E-state index is -0.270. The average molecular weight is 226 g/mol. The van der Waals surface area contributed by atoms with Crippen LogP contribution in [0.1, 0.15) is 59.3 Å². The van der Waals surface area contributed by atoms with Gasteiger partial charge in [0.25, 0.3) is 0 Å². The van der Waals surface area contributed by atoms with Crippen molar-refractivity contribution in [2.24, 2.45) is 5.92 Å². The zero-order chi connectivity index (χ0) is 12.0. The van der Waals surface area contributed by atoms with Crippen LogP contribution in [0, 0.1) is 5.92 Å². The fourth-order valence-electron chi connectivity index (χ4n) is 2.23. The van der Waals surface area contributed by atoms with Gasteiger partial charge in [0.15, 0.2) is 0 Å². The second kappa shape index (κ2) is 6.95. The van der Waals surface area contributed by atoms with Crippen LogP contribution in [-0.4, -0.2) is 17.3 Å². The Morgan fingerprint density at radius 2 is 2.00 bits per heavy atom. The molecule has 94 valence electrons. The van der Waals surface area contributed by atoms with Crippen molar-refractivity contribution in [3.63, 3.8) is 0 Å². The molecule has 2 nitrogen and oxygen atoms in total. The third-order valence-corrected chi connectivity index (χ3v) is 2.91. The van der Waals surface area contributed by atoms with Crippen LogP contribution in [0.4, 0.5) is 0 Å². The maximum absolute atomic E-state index is 9.47. The Bertz CT molecular complexity index is 209. The van der Waals surface area contributed by atoms with Crippen LogP contribution in [0.25, 0.3) is 0 Å². The number of rotatable bonds is 6. The fraction of sp³-hybridized carbons (Fsp3) is 0.857. The number of allylic oxidation sites excluding steroid dienone is 2. The highest BCUT2D eigenvalue weighted by molar-refractivity contribution is 4.97. The lowest BCUT2D eigenvalue weighted by Crippen LogP contribution is -2.21. The molecule has 0 fully saturated rings. The van der Waals surface area contributed by atoms with Gasteiger partial charge in [-0.2, -0.15) is 0 Å². The van der Waals surface area contributed by atoms with E-state index in [1.54, 1.807) is 0 Å². The smallest absolute Gasteiger partial charge is 0.101 e. The summed E-state index contributed by atoms with van der Waals surface area (Å²) in [6.45, 7) is 6.24. The first-order valence-corrected chi connectivity index (χ1v) is 6.61. The van der Waals surface area contributed by atoms with Crippen LogP contribution in [0.15, 0.2) is 11.8 Å². The van der Waals surface area contributed by atoms with Crippen molar-refractivity contribution in [1.82, 2.24) is 0 Å². The minimum Gasteiger partial charge on any atom is -0.495 e. The predicted octanol–water partition coefficient (Wildman–Crippen LogP) is 3.65. The van der Waals surface area contributed by atoms with Crippen molar-refractivity contribution >= 4 is 0 Å². The van der Waals surface area contributed by atoms with Crippen LogP contribution in [0.5, 0.6) is 0 Å². The molecule has 0 heterocycles. The fourth-order valence-corrected chi connectivity index (χ4v) is 2.23. The summed E-state index contributed by atoms with van der Waals surface area (Å²) in [5, 5.41) is 9.47. The van der Waals surface area contributed by atoms with E-state index in [0.717, 1.165) is 31.4 Å². The lowest BCUT2D eigenvalue weighted by atomic mass is 10.0. The maximum Gasteiger partial charge on any atom is 0.101 e. The molecular formula is C14H26O2. The molecule has 1 rings (SSSR count). The van der Waals surface area contributed by atoms with E-state index in [0.29, 0.717) is 5.92 Å². The van der Waals surface area contributed by atoms with Crippen molar-refractivity contribution in [1.29, 1.82) is 0 Å². The van der Waals surface area contributed by atoms with E-state index in [2.05, 4.69) is 19.9 Å². The Balaban J connectivity index is 2.44. The molecule has 0 radical (unpaired) electrons. The van der Waals surface area contributed by atoms with Gasteiger partial charge in [0.1, 0.15) is 6.10 Å². The van der Waals surface area contributed by atoms with Crippen LogP contribution < -0.4 is 0 Å². The van der Waals surface area contributed by atoms with E-state index in [-0.39, 0.29) is 12.2 Å². The molecule has 0 amide bonds. The zero-order valence-electron chi connectivity index (χ0n) is 10.9. The largest absolute Gasteiger partial charge is 0.495 e. The molecule has 1 aliphatic carbocycles. The summed E-state index contributed by atoms with van der Waals surface area (Å²) in [7, 11) is 0. The van der Waals surface area contributed by atoms with E-state index in [9.17, 15) is 5.11 Å². The van der Waals surface area contributed by atoms with Crippen molar-refractivity contribution in [2.45, 2.75) is 71.5 Å². The second-order valence-corrected chi connectivity index (χ2v) is 5.37. The van der Waals surface area contributed by atoms with Crippen molar-refractivity contribution in [2.75, 3.05) is 0 Å². The lowest BCUT2D eigenvalue weighted by molar-refractivity contribution is 0.0419. The second-order valence-electron chi connectivity index (χ2n) is 5.37. The molecule has 16 heavy (non-hydrogen) atoms. The lowest BCUT2D eigenvalue weighted by Gasteiger charge is -2.25. The Morgan fingerprint density at radius 1 is 1.25 bits per heavy atom. The summed E-state index contributed by atoms with van der Waals surface area (Å²) in [4.78, 5) is 0. The summed E-state index contributed by atoms with van der Waals surface area (Å²) >= 11 is 0. The van der Waals surface area contributed by atoms with Gasteiger partial charge in [-0.1, -0.05) is 13.8 Å². The summed E-state index contributed by atoms with van der Waals surface area (Å²) in [5.41, 5.74) is 0. The maximum atomic E-state index is 9.47. The van der Waals surface area contributed by atoms with Crippen molar-refractivity contribution in [3.05, 3.63) is 11.8 Å².